The van der Waals surface area contributed by atoms with E-state index in [0.717, 1.165) is 70.6 Å². The number of allylic oxidation sites excluding steroid dienone is 6. The zero-order chi connectivity index (χ0) is 42.0. The van der Waals surface area contributed by atoms with E-state index in [-0.39, 0.29) is 19.4 Å². The number of hydrogen-bond acceptors (Lipinski definition) is 11. The average molecular weight is 831 g/mol. The molecule has 0 saturated carbocycles. The fourth-order valence-electron chi connectivity index (χ4n) is 6.51. The fraction of sp³-hybridized carbons (Fsp3) is 0.818. The van der Waals surface area contributed by atoms with Gasteiger partial charge in [0.15, 0.2) is 12.4 Å². The molecule has 12 nitrogen and oxygen atoms in total. The number of ether oxygens (including phenoxy) is 4. The van der Waals surface area contributed by atoms with Crippen LogP contribution in [0, 0.1) is 0 Å². The molecular formula is C44H78O12S. The number of esters is 2. The Morgan fingerprint density at radius 1 is 0.596 bits per heavy atom. The summed E-state index contributed by atoms with van der Waals surface area (Å²) in [6, 6.07) is 0. The maximum absolute atomic E-state index is 12.8. The normalized spacial score (nSPS) is 20.8. The Kier molecular flexibility index (Phi) is 32.2. The third kappa shape index (κ3) is 29.7. The highest BCUT2D eigenvalue weighted by Gasteiger charge is 2.46. The first-order valence-corrected chi connectivity index (χ1v) is 23.7. The van der Waals surface area contributed by atoms with Crippen molar-refractivity contribution in [3.8, 4) is 0 Å². The monoisotopic (exact) mass is 831 g/mol. The molecule has 57 heavy (non-hydrogen) atoms. The second-order valence-electron chi connectivity index (χ2n) is 15.4. The van der Waals surface area contributed by atoms with Gasteiger partial charge in [-0.25, -0.2) is 0 Å². The molecule has 0 aromatic carbocycles. The summed E-state index contributed by atoms with van der Waals surface area (Å²) in [6.07, 6.45) is 29.1. The molecule has 6 atom stereocenters. The number of carbonyl (C=O) groups is 2. The standard InChI is InChI=1S/C44H78O12S/c1-3-5-7-9-11-13-15-16-17-18-19-20-21-22-23-25-27-29-31-33-40(46)55-37(34-53-39(45)32-30-28-26-24-14-12-10-8-6-4-2)35-54-44-43(49)42(48)41(47)38(56-44)36-57(50,51)52/h11,13,16-17,19-20,37-38,41-44,47-49H,3-10,12,14-15,18,21-36H2,1-2H3,(H,50,51,52)/b13-11-,17-16-,20-19-. The van der Waals surface area contributed by atoms with Gasteiger partial charge in [-0.15, -0.1) is 0 Å². The number of aliphatic hydroxyl groups excluding tert-OH is 3. The van der Waals surface area contributed by atoms with Gasteiger partial charge in [0.2, 0.25) is 0 Å². The number of rotatable bonds is 36. The van der Waals surface area contributed by atoms with E-state index >= 15 is 0 Å². The van der Waals surface area contributed by atoms with Gasteiger partial charge in [-0.1, -0.05) is 147 Å². The first-order valence-electron chi connectivity index (χ1n) is 22.0. The maximum atomic E-state index is 12.8. The summed E-state index contributed by atoms with van der Waals surface area (Å²) in [5.74, 6) is -2.00. The molecule has 0 radical (unpaired) electrons. The molecule has 1 aliphatic rings. The molecule has 0 bridgehead atoms. The predicted molar refractivity (Wildman–Crippen MR) is 224 cm³/mol. The smallest absolute Gasteiger partial charge is 0.306 e. The van der Waals surface area contributed by atoms with E-state index in [2.05, 4.69) is 50.3 Å². The Morgan fingerprint density at radius 3 is 1.60 bits per heavy atom. The minimum absolute atomic E-state index is 0.151. The van der Waals surface area contributed by atoms with Crippen molar-refractivity contribution in [2.24, 2.45) is 0 Å². The average Bonchev–Trinajstić information content (AvgIpc) is 3.17. The van der Waals surface area contributed by atoms with Crippen LogP contribution in [0.15, 0.2) is 36.5 Å². The summed E-state index contributed by atoms with van der Waals surface area (Å²) in [5, 5.41) is 30.8. The van der Waals surface area contributed by atoms with Gasteiger partial charge in [-0.05, 0) is 51.4 Å². The summed E-state index contributed by atoms with van der Waals surface area (Å²) in [6.45, 7) is 3.70. The molecule has 0 aliphatic carbocycles. The Balaban J connectivity index is 2.45. The van der Waals surface area contributed by atoms with Crippen molar-refractivity contribution in [1.82, 2.24) is 0 Å². The summed E-state index contributed by atoms with van der Waals surface area (Å²) in [7, 11) is -4.60. The molecule has 1 fully saturated rings. The minimum Gasteiger partial charge on any atom is -0.462 e. The van der Waals surface area contributed by atoms with Gasteiger partial charge >= 0.3 is 11.9 Å². The number of unbranched alkanes of at least 4 members (excludes halogenated alkanes) is 18. The molecule has 332 valence electrons. The molecular weight excluding hydrogens is 753 g/mol. The van der Waals surface area contributed by atoms with Crippen LogP contribution < -0.4 is 0 Å². The lowest BCUT2D eigenvalue weighted by atomic mass is 10.00. The van der Waals surface area contributed by atoms with Crippen molar-refractivity contribution in [3.05, 3.63) is 36.5 Å². The van der Waals surface area contributed by atoms with Gasteiger partial charge in [0, 0.05) is 12.8 Å². The zero-order valence-corrected chi connectivity index (χ0v) is 36.0. The van der Waals surface area contributed by atoms with E-state index < -0.39 is 71.2 Å². The van der Waals surface area contributed by atoms with Crippen LogP contribution in [0.3, 0.4) is 0 Å². The SMILES string of the molecule is CCCCC/C=C\C/C=C\C/C=C\CCCCCCCCC(=O)OC(COC(=O)CCCCCCCCCCCC)COC1OC(CS(=O)(=O)O)C(O)C(O)C1O. The summed E-state index contributed by atoms with van der Waals surface area (Å²) in [5.41, 5.74) is 0. The van der Waals surface area contributed by atoms with E-state index in [1.54, 1.807) is 0 Å². The van der Waals surface area contributed by atoms with Crippen molar-refractivity contribution in [1.29, 1.82) is 0 Å². The Morgan fingerprint density at radius 2 is 1.05 bits per heavy atom. The van der Waals surface area contributed by atoms with Crippen molar-refractivity contribution < 1.29 is 56.8 Å². The van der Waals surface area contributed by atoms with Crippen LogP contribution in [0.5, 0.6) is 0 Å². The topological polar surface area (TPSA) is 186 Å². The van der Waals surface area contributed by atoms with Crippen molar-refractivity contribution in [2.75, 3.05) is 19.0 Å². The molecule has 0 amide bonds. The van der Waals surface area contributed by atoms with Crippen LogP contribution in [0.25, 0.3) is 0 Å². The van der Waals surface area contributed by atoms with Crippen LogP contribution in [0.1, 0.15) is 174 Å². The van der Waals surface area contributed by atoms with Crippen molar-refractivity contribution >= 4 is 22.1 Å². The molecule has 1 heterocycles. The van der Waals surface area contributed by atoms with Gasteiger partial charge in [0.25, 0.3) is 10.1 Å². The van der Waals surface area contributed by atoms with Gasteiger partial charge in [0.05, 0.1) is 6.61 Å². The van der Waals surface area contributed by atoms with E-state index in [4.69, 9.17) is 18.9 Å². The van der Waals surface area contributed by atoms with E-state index in [1.165, 1.54) is 64.2 Å². The van der Waals surface area contributed by atoms with Crippen LogP contribution >= 0.6 is 0 Å². The molecule has 1 aliphatic heterocycles. The highest BCUT2D eigenvalue weighted by Crippen LogP contribution is 2.24. The quantitative estimate of drug-likeness (QED) is 0.0204. The highest BCUT2D eigenvalue weighted by atomic mass is 32.2. The lowest BCUT2D eigenvalue weighted by molar-refractivity contribution is -0.297. The van der Waals surface area contributed by atoms with E-state index in [1.807, 2.05) is 0 Å². The second kappa shape index (κ2) is 34.7. The highest BCUT2D eigenvalue weighted by molar-refractivity contribution is 7.85. The third-order valence-electron chi connectivity index (χ3n) is 9.97. The summed E-state index contributed by atoms with van der Waals surface area (Å²) in [4.78, 5) is 25.3. The summed E-state index contributed by atoms with van der Waals surface area (Å²) < 4.78 is 53.9. The first-order chi connectivity index (χ1) is 27.5. The molecule has 0 aromatic rings. The second-order valence-corrected chi connectivity index (χ2v) is 16.9. The maximum Gasteiger partial charge on any atom is 0.306 e. The van der Waals surface area contributed by atoms with E-state index in [0.29, 0.717) is 12.8 Å². The summed E-state index contributed by atoms with van der Waals surface area (Å²) >= 11 is 0. The molecule has 13 heteroatoms. The number of carbonyl (C=O) groups excluding carboxylic acids is 2. The number of aliphatic hydroxyl groups is 3. The third-order valence-corrected chi connectivity index (χ3v) is 10.7. The Hall–Kier alpha value is -2.13. The fourth-order valence-corrected chi connectivity index (χ4v) is 7.20. The van der Waals surface area contributed by atoms with Crippen LogP contribution in [-0.4, -0.2) is 96.0 Å². The molecule has 4 N–H and O–H groups in total. The number of hydrogen-bond donors (Lipinski definition) is 4. The molecule has 6 unspecified atom stereocenters. The van der Waals surface area contributed by atoms with Crippen molar-refractivity contribution in [2.45, 2.75) is 211 Å². The van der Waals surface area contributed by atoms with Gasteiger partial charge < -0.3 is 34.3 Å². The van der Waals surface area contributed by atoms with Gasteiger partial charge in [-0.3, -0.25) is 14.1 Å². The van der Waals surface area contributed by atoms with E-state index in [9.17, 15) is 37.9 Å². The molecule has 1 rings (SSSR count). The van der Waals surface area contributed by atoms with Crippen molar-refractivity contribution in [3.63, 3.8) is 0 Å². The van der Waals surface area contributed by atoms with Gasteiger partial charge in [-0.2, -0.15) is 8.42 Å². The lowest BCUT2D eigenvalue weighted by Crippen LogP contribution is -2.60. The Bertz CT molecular complexity index is 1200. The largest absolute Gasteiger partial charge is 0.462 e. The minimum atomic E-state index is -4.60. The Labute approximate surface area is 344 Å². The van der Waals surface area contributed by atoms with Gasteiger partial charge in [0.1, 0.15) is 36.8 Å². The first kappa shape index (κ1) is 52.9. The predicted octanol–water partition coefficient (Wildman–Crippen LogP) is 8.61. The lowest BCUT2D eigenvalue weighted by Gasteiger charge is -2.40. The van der Waals surface area contributed by atoms with Crippen LogP contribution in [0.4, 0.5) is 0 Å². The zero-order valence-electron chi connectivity index (χ0n) is 35.2. The molecule has 1 saturated heterocycles. The molecule has 0 spiro atoms. The molecule has 0 aromatic heterocycles. The van der Waals surface area contributed by atoms with Crippen LogP contribution in [0.2, 0.25) is 0 Å². The van der Waals surface area contributed by atoms with Crippen LogP contribution in [-0.2, 0) is 38.7 Å².